The summed E-state index contributed by atoms with van der Waals surface area (Å²) in [5.41, 5.74) is 0. The number of esters is 1. The number of carbonyl (C=O) groups excluding carboxylic acids is 1. The van der Waals surface area contributed by atoms with Crippen molar-refractivity contribution in [2.24, 2.45) is 0 Å². The van der Waals surface area contributed by atoms with Gasteiger partial charge in [0.1, 0.15) is 10.6 Å². The van der Waals surface area contributed by atoms with Crippen LogP contribution in [0.5, 0.6) is 5.75 Å². The van der Waals surface area contributed by atoms with E-state index in [9.17, 15) is 4.79 Å². The van der Waals surface area contributed by atoms with E-state index < -0.39 is 0 Å². The topological polar surface area (TPSA) is 26.3 Å². The maximum Gasteiger partial charge on any atom is 0.353 e. The molecule has 1 heterocycles. The molecule has 2 rings (SSSR count). The van der Waals surface area contributed by atoms with Crippen molar-refractivity contribution < 1.29 is 9.53 Å². The van der Waals surface area contributed by atoms with Crippen LogP contribution in [0.3, 0.4) is 0 Å². The number of ether oxygens (including phenoxy) is 1. The molecule has 0 aliphatic carbocycles. The predicted molar refractivity (Wildman–Crippen MR) is 68.4 cm³/mol. The van der Waals surface area contributed by atoms with E-state index in [-0.39, 0.29) is 5.97 Å². The number of benzene rings is 1. The monoisotopic (exact) mass is 330 g/mol. The average molecular weight is 330 g/mol. The molecular weight excluding hydrogens is 323 g/mol. The van der Waals surface area contributed by atoms with Gasteiger partial charge in [0.05, 0.1) is 0 Å². The summed E-state index contributed by atoms with van der Waals surface area (Å²) >= 11 is 3.58. The molecule has 0 fully saturated rings. The van der Waals surface area contributed by atoms with Crippen LogP contribution in [0.25, 0.3) is 0 Å². The zero-order chi connectivity index (χ0) is 10.7. The number of carbonyl (C=O) groups is 1. The zero-order valence-electron chi connectivity index (χ0n) is 7.64. The van der Waals surface area contributed by atoms with Crippen molar-refractivity contribution in [3.8, 4) is 5.75 Å². The predicted octanol–water partition coefficient (Wildman–Crippen LogP) is 3.57. The van der Waals surface area contributed by atoms with Crippen molar-refractivity contribution in [1.29, 1.82) is 0 Å². The molecule has 0 amide bonds. The summed E-state index contributed by atoms with van der Waals surface area (Å²) in [5, 5.41) is 1.85. The van der Waals surface area contributed by atoms with Crippen molar-refractivity contribution in [3.63, 3.8) is 0 Å². The van der Waals surface area contributed by atoms with Gasteiger partial charge in [0.25, 0.3) is 0 Å². The molecule has 0 aliphatic rings. The van der Waals surface area contributed by atoms with Gasteiger partial charge < -0.3 is 4.74 Å². The molecule has 0 saturated carbocycles. The number of hydrogen-bond acceptors (Lipinski definition) is 3. The largest absolute Gasteiger partial charge is 0.422 e. The molecule has 0 aliphatic heterocycles. The van der Waals surface area contributed by atoms with Gasteiger partial charge in [-0.15, -0.1) is 11.3 Å². The molecule has 0 atom stereocenters. The Morgan fingerprint density at radius 3 is 2.53 bits per heavy atom. The summed E-state index contributed by atoms with van der Waals surface area (Å²) in [7, 11) is 0. The Morgan fingerprint density at radius 2 is 1.93 bits per heavy atom. The van der Waals surface area contributed by atoms with Crippen LogP contribution in [0.1, 0.15) is 9.67 Å². The lowest BCUT2D eigenvalue weighted by atomic mass is 10.3. The Kier molecular flexibility index (Phi) is 3.37. The third kappa shape index (κ3) is 2.79. The molecular formula is C11H7IO2S. The molecule has 0 spiro atoms. The third-order valence-corrected chi connectivity index (χ3v) is 3.32. The van der Waals surface area contributed by atoms with Gasteiger partial charge in [-0.1, -0.05) is 6.07 Å². The Balaban J connectivity index is 2.09. The summed E-state index contributed by atoms with van der Waals surface area (Å²) < 4.78 is 6.30. The minimum absolute atomic E-state index is 0.300. The summed E-state index contributed by atoms with van der Waals surface area (Å²) in [5.74, 6) is 0.278. The van der Waals surface area contributed by atoms with Crippen molar-refractivity contribution in [1.82, 2.24) is 0 Å². The van der Waals surface area contributed by atoms with Gasteiger partial charge in [-0.2, -0.15) is 0 Å². The Morgan fingerprint density at radius 1 is 1.20 bits per heavy atom. The van der Waals surface area contributed by atoms with E-state index in [0.717, 1.165) is 3.57 Å². The fourth-order valence-corrected chi connectivity index (χ4v) is 2.01. The van der Waals surface area contributed by atoms with Crippen molar-refractivity contribution in [2.75, 3.05) is 0 Å². The number of rotatable bonds is 2. The summed E-state index contributed by atoms with van der Waals surface area (Å²) in [4.78, 5) is 12.2. The van der Waals surface area contributed by atoms with Crippen LogP contribution < -0.4 is 4.74 Å². The fourth-order valence-electron chi connectivity index (χ4n) is 1.05. The first-order chi connectivity index (χ1) is 7.25. The van der Waals surface area contributed by atoms with Crippen molar-refractivity contribution in [2.45, 2.75) is 0 Å². The van der Waals surface area contributed by atoms with E-state index in [1.165, 1.54) is 11.3 Å². The fraction of sp³-hybridized carbons (Fsp3) is 0. The second-order valence-electron chi connectivity index (χ2n) is 2.82. The van der Waals surface area contributed by atoms with Gasteiger partial charge in [-0.25, -0.2) is 4.79 Å². The first-order valence-electron chi connectivity index (χ1n) is 4.27. The third-order valence-electron chi connectivity index (χ3n) is 1.75. The van der Waals surface area contributed by atoms with Crippen LogP contribution in [0.4, 0.5) is 0 Å². The van der Waals surface area contributed by atoms with E-state index in [4.69, 9.17) is 4.74 Å². The highest BCUT2D eigenvalue weighted by Crippen LogP contribution is 2.17. The minimum Gasteiger partial charge on any atom is -0.422 e. The Bertz CT molecular complexity index is 448. The van der Waals surface area contributed by atoms with Gasteiger partial charge >= 0.3 is 5.97 Å². The van der Waals surface area contributed by atoms with Gasteiger partial charge in [0, 0.05) is 3.57 Å². The Hall–Kier alpha value is -0.880. The second kappa shape index (κ2) is 4.76. The highest BCUT2D eigenvalue weighted by atomic mass is 127. The Labute approximate surface area is 105 Å². The number of thiophene rings is 1. The summed E-state index contributed by atoms with van der Waals surface area (Å²) in [6.45, 7) is 0. The van der Waals surface area contributed by atoms with Gasteiger partial charge in [-0.3, -0.25) is 0 Å². The molecule has 0 radical (unpaired) electrons. The minimum atomic E-state index is -0.300. The van der Waals surface area contributed by atoms with Gasteiger partial charge in [-0.05, 0) is 58.3 Å². The van der Waals surface area contributed by atoms with E-state index in [1.807, 2.05) is 23.6 Å². The number of halogens is 1. The molecule has 1 aromatic heterocycles. The normalized spacial score (nSPS) is 9.93. The lowest BCUT2D eigenvalue weighted by Crippen LogP contribution is -2.05. The first kappa shape index (κ1) is 10.6. The van der Waals surface area contributed by atoms with Crippen LogP contribution in [0, 0.1) is 3.57 Å². The maximum absolute atomic E-state index is 11.5. The number of hydrogen-bond donors (Lipinski definition) is 0. The maximum atomic E-state index is 11.5. The quantitative estimate of drug-likeness (QED) is 0.478. The van der Waals surface area contributed by atoms with Crippen molar-refractivity contribution >= 4 is 39.9 Å². The van der Waals surface area contributed by atoms with E-state index >= 15 is 0 Å². The highest BCUT2D eigenvalue weighted by Gasteiger charge is 2.08. The molecule has 2 aromatic rings. The molecule has 1 aromatic carbocycles. The lowest BCUT2D eigenvalue weighted by Gasteiger charge is -2.01. The SMILES string of the molecule is O=C(Oc1ccc(I)cc1)c1cccs1. The molecule has 0 bridgehead atoms. The molecule has 0 unspecified atom stereocenters. The summed E-state index contributed by atoms with van der Waals surface area (Å²) in [6.07, 6.45) is 0. The molecule has 2 nitrogen and oxygen atoms in total. The van der Waals surface area contributed by atoms with Crippen LogP contribution in [-0.4, -0.2) is 5.97 Å². The first-order valence-corrected chi connectivity index (χ1v) is 6.23. The van der Waals surface area contributed by atoms with E-state index in [2.05, 4.69) is 22.6 Å². The molecule has 76 valence electrons. The van der Waals surface area contributed by atoms with E-state index in [0.29, 0.717) is 10.6 Å². The summed E-state index contributed by atoms with van der Waals surface area (Å²) in [6, 6.07) is 10.9. The highest BCUT2D eigenvalue weighted by molar-refractivity contribution is 14.1. The van der Waals surface area contributed by atoms with Crippen LogP contribution in [-0.2, 0) is 0 Å². The molecule has 15 heavy (non-hydrogen) atoms. The van der Waals surface area contributed by atoms with Crippen molar-refractivity contribution in [3.05, 3.63) is 50.2 Å². The zero-order valence-corrected chi connectivity index (χ0v) is 10.6. The van der Waals surface area contributed by atoms with Crippen LogP contribution >= 0.6 is 33.9 Å². The van der Waals surface area contributed by atoms with Gasteiger partial charge in [0.2, 0.25) is 0 Å². The van der Waals surface area contributed by atoms with E-state index in [1.54, 1.807) is 18.2 Å². The van der Waals surface area contributed by atoms with Crippen LogP contribution in [0.2, 0.25) is 0 Å². The van der Waals surface area contributed by atoms with Crippen LogP contribution in [0.15, 0.2) is 41.8 Å². The smallest absolute Gasteiger partial charge is 0.353 e. The molecule has 0 saturated heterocycles. The molecule has 4 heteroatoms. The van der Waals surface area contributed by atoms with Gasteiger partial charge in [0.15, 0.2) is 0 Å². The molecule has 0 N–H and O–H groups in total. The average Bonchev–Trinajstić information content (AvgIpc) is 2.74. The lowest BCUT2D eigenvalue weighted by molar-refractivity contribution is 0.0740. The standard InChI is InChI=1S/C11H7IO2S/c12-8-3-5-9(6-4-8)14-11(13)10-2-1-7-15-10/h1-7H. The second-order valence-corrected chi connectivity index (χ2v) is 5.01.